The van der Waals surface area contributed by atoms with Gasteiger partial charge < -0.3 is 9.64 Å². The number of piperazine rings is 1. The van der Waals surface area contributed by atoms with Crippen molar-refractivity contribution in [1.29, 1.82) is 0 Å². The van der Waals surface area contributed by atoms with Crippen LogP contribution < -0.4 is 4.90 Å². The number of morpholine rings is 1. The van der Waals surface area contributed by atoms with E-state index < -0.39 is 0 Å². The van der Waals surface area contributed by atoms with E-state index in [2.05, 4.69) is 20.8 Å². The van der Waals surface area contributed by atoms with E-state index in [-0.39, 0.29) is 0 Å². The minimum Gasteiger partial charge on any atom is -0.379 e. The normalized spacial score (nSPS) is 21.0. The molecule has 3 rings (SSSR count). The molecular formula is C17H24N3O2. The number of carbonyl (C=O) groups is 1. The van der Waals surface area contributed by atoms with E-state index in [1.54, 1.807) is 6.07 Å². The van der Waals surface area contributed by atoms with Gasteiger partial charge in [-0.1, -0.05) is 6.07 Å². The van der Waals surface area contributed by atoms with Crippen LogP contribution in [-0.2, 0) is 4.74 Å². The summed E-state index contributed by atoms with van der Waals surface area (Å²) in [6.07, 6.45) is 0.938. The molecule has 22 heavy (non-hydrogen) atoms. The van der Waals surface area contributed by atoms with Crippen LogP contribution in [0, 0.1) is 6.07 Å². The highest BCUT2D eigenvalue weighted by Crippen LogP contribution is 2.20. The van der Waals surface area contributed by atoms with Crippen LogP contribution in [0.25, 0.3) is 0 Å². The molecule has 1 aromatic carbocycles. The first-order valence-corrected chi connectivity index (χ1v) is 8.09. The fourth-order valence-electron chi connectivity index (χ4n) is 3.13. The minimum atomic E-state index is 0.764. The number of carbonyl (C=O) groups excluding carboxylic acids is 1. The SMILES string of the molecule is O=Cc1cc[c]cc1N1CCN(CCN2CCOCC2)CC1. The Morgan fingerprint density at radius 1 is 1.05 bits per heavy atom. The van der Waals surface area contributed by atoms with Crippen molar-refractivity contribution in [3.05, 3.63) is 29.8 Å². The molecule has 0 amide bonds. The van der Waals surface area contributed by atoms with E-state index in [0.717, 1.165) is 83.1 Å². The van der Waals surface area contributed by atoms with E-state index in [1.165, 1.54) is 0 Å². The molecule has 119 valence electrons. The molecule has 0 N–H and O–H groups in total. The fourth-order valence-corrected chi connectivity index (χ4v) is 3.13. The number of anilines is 1. The highest BCUT2D eigenvalue weighted by atomic mass is 16.5. The molecule has 2 heterocycles. The molecule has 2 fully saturated rings. The summed E-state index contributed by atoms with van der Waals surface area (Å²) in [4.78, 5) is 18.4. The lowest BCUT2D eigenvalue weighted by atomic mass is 10.1. The highest BCUT2D eigenvalue weighted by Gasteiger charge is 2.19. The van der Waals surface area contributed by atoms with E-state index in [0.29, 0.717) is 0 Å². The van der Waals surface area contributed by atoms with Crippen molar-refractivity contribution in [2.24, 2.45) is 0 Å². The molecule has 1 radical (unpaired) electrons. The fraction of sp³-hybridized carbons (Fsp3) is 0.588. The summed E-state index contributed by atoms with van der Waals surface area (Å²) < 4.78 is 5.38. The number of aldehydes is 1. The van der Waals surface area contributed by atoms with E-state index >= 15 is 0 Å². The van der Waals surface area contributed by atoms with E-state index in [9.17, 15) is 4.79 Å². The second-order valence-electron chi connectivity index (χ2n) is 5.89. The Balaban J connectivity index is 1.46. The number of ether oxygens (including phenoxy) is 1. The predicted molar refractivity (Wildman–Crippen MR) is 86.6 cm³/mol. The predicted octanol–water partition coefficient (Wildman–Crippen LogP) is 0.753. The van der Waals surface area contributed by atoms with Gasteiger partial charge >= 0.3 is 0 Å². The molecule has 2 aliphatic heterocycles. The molecule has 0 spiro atoms. The first-order chi connectivity index (χ1) is 10.9. The lowest BCUT2D eigenvalue weighted by Crippen LogP contribution is -2.49. The highest BCUT2D eigenvalue weighted by molar-refractivity contribution is 5.84. The van der Waals surface area contributed by atoms with Crippen LogP contribution in [0.2, 0.25) is 0 Å². The van der Waals surface area contributed by atoms with Gasteiger partial charge in [0.2, 0.25) is 0 Å². The Hall–Kier alpha value is -1.43. The first kappa shape index (κ1) is 15.5. The van der Waals surface area contributed by atoms with Crippen LogP contribution in [0.15, 0.2) is 18.2 Å². The van der Waals surface area contributed by atoms with Crippen molar-refractivity contribution in [1.82, 2.24) is 9.80 Å². The summed E-state index contributed by atoms with van der Waals surface area (Å²) in [6, 6.07) is 8.64. The molecule has 2 saturated heterocycles. The van der Waals surface area contributed by atoms with Gasteiger partial charge in [-0.15, -0.1) is 0 Å². The molecular weight excluding hydrogens is 278 g/mol. The van der Waals surface area contributed by atoms with Gasteiger partial charge in [0.05, 0.1) is 13.2 Å². The lowest BCUT2D eigenvalue weighted by molar-refractivity contribution is 0.0331. The maximum absolute atomic E-state index is 11.1. The van der Waals surface area contributed by atoms with Crippen molar-refractivity contribution in [2.45, 2.75) is 0 Å². The van der Waals surface area contributed by atoms with Crippen LogP contribution in [0.3, 0.4) is 0 Å². The summed E-state index contributed by atoms with van der Waals surface area (Å²) in [5, 5.41) is 0. The van der Waals surface area contributed by atoms with Gasteiger partial charge in [-0.2, -0.15) is 0 Å². The monoisotopic (exact) mass is 302 g/mol. The third-order valence-corrected chi connectivity index (χ3v) is 4.55. The third-order valence-electron chi connectivity index (χ3n) is 4.55. The molecule has 0 bridgehead atoms. The van der Waals surface area contributed by atoms with Crippen molar-refractivity contribution < 1.29 is 9.53 Å². The number of rotatable bonds is 5. The van der Waals surface area contributed by atoms with Crippen molar-refractivity contribution in [3.8, 4) is 0 Å². The Morgan fingerprint density at radius 2 is 1.73 bits per heavy atom. The second-order valence-corrected chi connectivity index (χ2v) is 5.89. The Labute approximate surface area is 132 Å². The number of benzene rings is 1. The minimum absolute atomic E-state index is 0.764. The van der Waals surface area contributed by atoms with Crippen LogP contribution >= 0.6 is 0 Å². The third kappa shape index (κ3) is 3.85. The molecule has 0 aromatic heterocycles. The van der Waals surface area contributed by atoms with E-state index in [4.69, 9.17) is 4.74 Å². The van der Waals surface area contributed by atoms with Crippen molar-refractivity contribution >= 4 is 12.0 Å². The Bertz CT molecular complexity index is 481. The topological polar surface area (TPSA) is 36.0 Å². The summed E-state index contributed by atoms with van der Waals surface area (Å²) in [6.45, 7) is 10.2. The average Bonchev–Trinajstić information content (AvgIpc) is 2.61. The zero-order valence-electron chi connectivity index (χ0n) is 13.0. The zero-order chi connectivity index (χ0) is 15.2. The summed E-state index contributed by atoms with van der Waals surface area (Å²) in [7, 11) is 0. The van der Waals surface area contributed by atoms with Crippen LogP contribution in [0.4, 0.5) is 5.69 Å². The van der Waals surface area contributed by atoms with Gasteiger partial charge in [-0.05, 0) is 18.2 Å². The van der Waals surface area contributed by atoms with Gasteiger partial charge in [-0.25, -0.2) is 0 Å². The smallest absolute Gasteiger partial charge is 0.152 e. The standard InChI is InChI=1S/C17H24N3O2/c21-15-16-3-1-2-4-17(16)20-9-7-18(8-10-20)5-6-19-11-13-22-14-12-19/h1,3-4,15H,5-14H2. The quantitative estimate of drug-likeness (QED) is 0.750. The molecule has 0 atom stereocenters. The van der Waals surface area contributed by atoms with Crippen LogP contribution in [-0.4, -0.2) is 81.7 Å². The van der Waals surface area contributed by atoms with Gasteiger partial charge in [0.25, 0.3) is 0 Å². The molecule has 5 nitrogen and oxygen atoms in total. The lowest BCUT2D eigenvalue weighted by Gasteiger charge is -2.37. The maximum Gasteiger partial charge on any atom is 0.152 e. The van der Waals surface area contributed by atoms with Crippen molar-refractivity contribution in [2.75, 3.05) is 70.5 Å². The Morgan fingerprint density at radius 3 is 2.41 bits per heavy atom. The largest absolute Gasteiger partial charge is 0.379 e. The van der Waals surface area contributed by atoms with Crippen LogP contribution in [0.5, 0.6) is 0 Å². The van der Waals surface area contributed by atoms with Gasteiger partial charge in [-0.3, -0.25) is 14.6 Å². The molecule has 0 aliphatic carbocycles. The van der Waals surface area contributed by atoms with Crippen molar-refractivity contribution in [3.63, 3.8) is 0 Å². The van der Waals surface area contributed by atoms with Gasteiger partial charge in [0, 0.05) is 63.6 Å². The second kappa shape index (κ2) is 7.72. The molecule has 5 heteroatoms. The summed E-state index contributed by atoms with van der Waals surface area (Å²) in [5.74, 6) is 0. The maximum atomic E-state index is 11.1. The van der Waals surface area contributed by atoms with Crippen LogP contribution in [0.1, 0.15) is 10.4 Å². The molecule has 0 saturated carbocycles. The summed E-state index contributed by atoms with van der Waals surface area (Å²) in [5.41, 5.74) is 1.78. The summed E-state index contributed by atoms with van der Waals surface area (Å²) >= 11 is 0. The average molecular weight is 302 g/mol. The number of nitrogens with zero attached hydrogens (tertiary/aromatic N) is 3. The van der Waals surface area contributed by atoms with E-state index in [1.807, 2.05) is 12.1 Å². The van der Waals surface area contributed by atoms with Gasteiger partial charge in [0.1, 0.15) is 0 Å². The molecule has 1 aromatic rings. The number of hydrogen-bond acceptors (Lipinski definition) is 5. The molecule has 0 unspecified atom stereocenters. The first-order valence-electron chi connectivity index (χ1n) is 8.09. The van der Waals surface area contributed by atoms with Gasteiger partial charge in [0.15, 0.2) is 6.29 Å². The molecule has 2 aliphatic rings. The zero-order valence-corrected chi connectivity index (χ0v) is 13.0. The number of hydrogen-bond donors (Lipinski definition) is 0. The Kier molecular flexibility index (Phi) is 5.43.